The molecule has 4 bridgehead atoms. The summed E-state index contributed by atoms with van der Waals surface area (Å²) in [5, 5.41) is 37.7. The highest BCUT2D eigenvalue weighted by Crippen LogP contribution is 2.73. The van der Waals surface area contributed by atoms with Crippen molar-refractivity contribution in [3.8, 4) is 23.3 Å². The summed E-state index contributed by atoms with van der Waals surface area (Å²) in [6.45, 7) is 19.2. The normalized spacial score (nSPS) is 36.1. The van der Waals surface area contributed by atoms with E-state index in [0.29, 0.717) is 64.3 Å². The van der Waals surface area contributed by atoms with Gasteiger partial charge in [0.05, 0.1) is 47.8 Å². The van der Waals surface area contributed by atoms with E-state index in [1.54, 1.807) is 26.8 Å². The number of rotatable bonds is 10. The maximum atomic E-state index is 15.5. The number of esters is 1. The van der Waals surface area contributed by atoms with Gasteiger partial charge in [-0.25, -0.2) is 4.79 Å². The number of carbonyl (C=O) groups excluding carboxylic acids is 2. The second-order valence-corrected chi connectivity index (χ2v) is 20.8. The predicted molar refractivity (Wildman–Crippen MR) is 241 cm³/mol. The Bertz CT molecular complexity index is 2520. The number of aliphatic hydroxyl groups is 2. The zero-order valence-corrected chi connectivity index (χ0v) is 39.7. The van der Waals surface area contributed by atoms with Gasteiger partial charge in [-0.1, -0.05) is 29.4 Å². The van der Waals surface area contributed by atoms with Crippen LogP contribution in [0.25, 0.3) is 11.8 Å². The lowest BCUT2D eigenvalue weighted by Crippen LogP contribution is -2.75. The van der Waals surface area contributed by atoms with E-state index in [-0.39, 0.29) is 36.0 Å². The first-order valence-corrected chi connectivity index (χ1v) is 23.0. The zero-order valence-electron chi connectivity index (χ0n) is 39.7. The average molecular weight is 910 g/mol. The number of nitrogens with zero attached hydrogens (tertiary/aromatic N) is 1. The van der Waals surface area contributed by atoms with Crippen molar-refractivity contribution in [3.05, 3.63) is 74.7 Å². The predicted octanol–water partition coefficient (Wildman–Crippen LogP) is 6.11. The Morgan fingerprint density at radius 3 is 2.44 bits per heavy atom. The zero-order chi connectivity index (χ0) is 47.6. The average Bonchev–Trinajstić information content (AvgIpc) is 3.39. The molecule has 0 radical (unpaired) electrons. The number of hydrogen-bond acceptors (Lipinski definition) is 15. The van der Waals surface area contributed by atoms with Crippen molar-refractivity contribution >= 4 is 23.5 Å². The number of ketones is 1. The molecule has 15 nitrogen and oxygen atoms in total. The highest BCUT2D eigenvalue weighted by Gasteiger charge is 2.84. The monoisotopic (exact) mass is 909 g/mol. The Balaban J connectivity index is 1.33. The van der Waals surface area contributed by atoms with Crippen molar-refractivity contribution in [2.75, 3.05) is 13.7 Å². The fraction of sp³-hybridized carbons (Fsp3) is 0.588. The van der Waals surface area contributed by atoms with Crippen molar-refractivity contribution in [2.24, 2.45) is 23.5 Å². The minimum atomic E-state index is -1.68. The summed E-state index contributed by atoms with van der Waals surface area (Å²) in [6, 6.07) is 2.33. The summed E-state index contributed by atoms with van der Waals surface area (Å²) in [6.07, 6.45) is 5.72. The molecular formula is C51H63N3O12. The molecule has 6 aliphatic heterocycles. The minimum absolute atomic E-state index is 0.0358. The van der Waals surface area contributed by atoms with Gasteiger partial charge in [0.2, 0.25) is 6.29 Å². The van der Waals surface area contributed by atoms with Crippen LogP contribution in [-0.2, 0) is 39.7 Å². The molecule has 3 saturated heterocycles. The van der Waals surface area contributed by atoms with Crippen LogP contribution in [-0.4, -0.2) is 94.6 Å². The second kappa shape index (κ2) is 15.8. The summed E-state index contributed by atoms with van der Waals surface area (Å²) >= 11 is 0. The van der Waals surface area contributed by atoms with E-state index < -0.39 is 82.6 Å². The molecule has 1 aromatic rings. The van der Waals surface area contributed by atoms with Crippen LogP contribution in [0.2, 0.25) is 0 Å². The van der Waals surface area contributed by atoms with Crippen molar-refractivity contribution in [3.63, 3.8) is 0 Å². The first kappa shape index (κ1) is 46.2. The van der Waals surface area contributed by atoms with Crippen LogP contribution in [0.15, 0.2) is 58.0 Å². The van der Waals surface area contributed by atoms with Crippen LogP contribution < -0.4 is 25.3 Å². The number of carbonyl (C=O) groups is 2. The standard InChI is InChI=1S/C51H63N3O12/c1-24(2)13-12-18-49(10)19-17-28-39(64-49)27(15-14-25(3)4)41-34(40(28)62-46-38(56)37(55)42-31(61-46)23-60-48(8,9)63-42)36-35-33(30(22-52)44(53)54-36)29-21-32-47(6,7)66-50(43(29)57,51(32,35)65-41)20-16-26(5)45(58)59-11/h13-14,16-17,19,29,31-33,37-38,42,46,54-56H,12,15,18,20-21,23,53H2,1-11H3/b26-16-/t29?,31-,32?,33?,37-,38-,42-,46+,49?,50?,51?/m0/s1. The van der Waals surface area contributed by atoms with Gasteiger partial charge in [0.1, 0.15) is 53.1 Å². The van der Waals surface area contributed by atoms with Gasteiger partial charge in [-0.2, -0.15) is 5.26 Å². The summed E-state index contributed by atoms with van der Waals surface area (Å²) in [5.74, 6) is -2.72. The number of nitrogens with two attached hydrogens (primary N) is 1. The number of benzene rings is 1. The molecule has 354 valence electrons. The van der Waals surface area contributed by atoms with Crippen LogP contribution >= 0.6 is 0 Å². The Labute approximate surface area is 386 Å². The molecule has 5 N–H and O–H groups in total. The van der Waals surface area contributed by atoms with E-state index in [1.807, 2.05) is 46.8 Å². The Hall–Kier alpha value is -4.95. The molecule has 3 aliphatic carbocycles. The maximum absolute atomic E-state index is 15.5. The molecule has 6 heterocycles. The number of nitriles is 1. The maximum Gasteiger partial charge on any atom is 0.333 e. The number of methoxy groups -OCH3 is 1. The minimum Gasteiger partial charge on any atom is -0.482 e. The van der Waals surface area contributed by atoms with Gasteiger partial charge in [-0.15, -0.1) is 0 Å². The van der Waals surface area contributed by atoms with Gasteiger partial charge in [0, 0.05) is 40.9 Å². The molecule has 11 atom stereocenters. The number of nitrogens with one attached hydrogen (secondary N) is 1. The number of hydrogen-bond donors (Lipinski definition) is 4. The van der Waals surface area contributed by atoms with Crippen molar-refractivity contribution in [1.82, 2.24) is 5.32 Å². The lowest BCUT2D eigenvalue weighted by molar-refractivity contribution is -0.373. The van der Waals surface area contributed by atoms with Gasteiger partial charge in [-0.05, 0) is 107 Å². The number of ether oxygens (including phenoxy) is 8. The van der Waals surface area contributed by atoms with Crippen LogP contribution in [0, 0.1) is 29.1 Å². The van der Waals surface area contributed by atoms with Crippen LogP contribution in [0.3, 0.4) is 0 Å². The fourth-order valence-electron chi connectivity index (χ4n) is 11.8. The van der Waals surface area contributed by atoms with E-state index in [9.17, 15) is 20.3 Å². The molecule has 66 heavy (non-hydrogen) atoms. The number of dihydropyridines is 1. The number of allylic oxidation sites excluding steroid dienone is 5. The molecule has 3 saturated carbocycles. The van der Waals surface area contributed by atoms with Crippen LogP contribution in [0.4, 0.5) is 0 Å². The van der Waals surface area contributed by atoms with Crippen molar-refractivity contribution in [2.45, 2.75) is 160 Å². The highest BCUT2D eigenvalue weighted by atomic mass is 16.8. The van der Waals surface area contributed by atoms with E-state index in [2.05, 4.69) is 37.4 Å². The Kier molecular flexibility index (Phi) is 11.1. The third-order valence-corrected chi connectivity index (χ3v) is 14.9. The lowest BCUT2D eigenvalue weighted by atomic mass is 9.45. The first-order chi connectivity index (χ1) is 31.0. The molecule has 1 spiro atoms. The Morgan fingerprint density at radius 1 is 1.03 bits per heavy atom. The summed E-state index contributed by atoms with van der Waals surface area (Å²) < 4.78 is 52.6. The lowest BCUT2D eigenvalue weighted by Gasteiger charge is -2.62. The molecule has 0 aromatic heterocycles. The van der Waals surface area contributed by atoms with E-state index in [4.69, 9.17) is 43.6 Å². The first-order valence-electron chi connectivity index (χ1n) is 23.0. The SMILES string of the molecule is COC(=O)/C(C)=C\CC12OC(C)(C)C3CC(C1=O)C1C(C#N)=C(N)NC4=C1C32Oc1c(CC=C(C)C)c2c(c(O[C@H]3O[C@H]5COC(C)(C)O[C@@H]5[C@@H](O)[C@@H]3O)c14)C=CC(C)(CCC=C(C)C)O2. The molecule has 0 amide bonds. The molecule has 9 aliphatic rings. The largest absolute Gasteiger partial charge is 0.482 e. The summed E-state index contributed by atoms with van der Waals surface area (Å²) in [7, 11) is 1.30. The molecule has 15 heteroatoms. The summed E-state index contributed by atoms with van der Waals surface area (Å²) in [5.41, 5.74) is 7.32. The number of aliphatic hydroxyl groups excluding tert-OH is 2. The molecule has 6 unspecified atom stereocenters. The van der Waals surface area contributed by atoms with Crippen LogP contribution in [0.5, 0.6) is 17.2 Å². The number of Topliss-reactive ketones (excluding diaryl/α,β-unsaturated/α-hetero) is 1. The fourth-order valence-corrected chi connectivity index (χ4v) is 11.8. The Morgan fingerprint density at radius 2 is 1.76 bits per heavy atom. The molecule has 10 rings (SSSR count). The number of fused-ring (bicyclic) bond motifs is 4. The second-order valence-electron chi connectivity index (χ2n) is 20.8. The van der Waals surface area contributed by atoms with Crippen molar-refractivity contribution in [1.29, 1.82) is 5.26 Å². The van der Waals surface area contributed by atoms with Gasteiger partial charge < -0.3 is 59.2 Å². The van der Waals surface area contributed by atoms with E-state index in [0.717, 1.165) is 12.0 Å². The van der Waals surface area contributed by atoms with E-state index in [1.165, 1.54) is 12.7 Å². The van der Waals surface area contributed by atoms with Crippen LogP contribution in [0.1, 0.15) is 112 Å². The molecule has 6 fully saturated rings. The quantitative estimate of drug-likeness (QED) is 0.119. The van der Waals surface area contributed by atoms with E-state index >= 15 is 4.79 Å². The van der Waals surface area contributed by atoms with Gasteiger partial charge >= 0.3 is 5.97 Å². The smallest absolute Gasteiger partial charge is 0.333 e. The van der Waals surface area contributed by atoms with Gasteiger partial charge in [0.25, 0.3) is 0 Å². The highest BCUT2D eigenvalue weighted by molar-refractivity contribution is 6.02. The van der Waals surface area contributed by atoms with Crippen molar-refractivity contribution < 1.29 is 57.7 Å². The molecular weight excluding hydrogens is 847 g/mol. The van der Waals surface area contributed by atoms with Gasteiger partial charge in [0.15, 0.2) is 22.8 Å². The third-order valence-electron chi connectivity index (χ3n) is 14.9. The molecule has 1 aromatic carbocycles. The summed E-state index contributed by atoms with van der Waals surface area (Å²) in [4.78, 5) is 28.4. The van der Waals surface area contributed by atoms with Gasteiger partial charge in [-0.3, -0.25) is 4.79 Å². The third kappa shape index (κ3) is 6.80. The topological polar surface area (TPSA) is 210 Å².